The van der Waals surface area contributed by atoms with Crippen LogP contribution in [-0.4, -0.2) is 16.4 Å². The summed E-state index contributed by atoms with van der Waals surface area (Å²) in [6.07, 6.45) is 1.33. The average molecular weight is 243 g/mol. The molecule has 0 unspecified atom stereocenters. The van der Waals surface area contributed by atoms with E-state index >= 15 is 0 Å². The first-order valence-electron chi connectivity index (χ1n) is 3.93. The molecule has 0 N–H and O–H groups in total. The zero-order valence-corrected chi connectivity index (χ0v) is 8.79. The molecule has 0 bridgehead atoms. The van der Waals surface area contributed by atoms with Crippen LogP contribution in [0.3, 0.4) is 0 Å². The van der Waals surface area contributed by atoms with Gasteiger partial charge in [0.05, 0.1) is 27.3 Å². The lowest BCUT2D eigenvalue weighted by molar-refractivity contribution is -0.120. The minimum Gasteiger partial charge on any atom is -0.408 e. The summed E-state index contributed by atoms with van der Waals surface area (Å²) in [6, 6.07) is 3.15. The lowest BCUT2D eigenvalue weighted by Crippen LogP contribution is -1.93. The predicted octanol–water partition coefficient (Wildman–Crippen LogP) is 2.47. The van der Waals surface area contributed by atoms with Crippen LogP contribution in [0, 0.1) is 0 Å². The third-order valence-corrected chi connectivity index (χ3v) is 2.45. The molecule has 0 radical (unpaired) electrons. The molecule has 0 amide bonds. The van der Waals surface area contributed by atoms with Crippen molar-refractivity contribution in [2.75, 3.05) is 0 Å². The van der Waals surface area contributed by atoms with Crippen LogP contribution in [0.25, 0.3) is 11.0 Å². The van der Waals surface area contributed by atoms with E-state index in [-0.39, 0.29) is 12.4 Å². The maximum atomic E-state index is 10.1. The summed E-state index contributed by atoms with van der Waals surface area (Å²) in [5.41, 5.74) is 1.10. The Labute approximate surface area is 94.8 Å². The number of halogens is 2. The second kappa shape index (κ2) is 4.00. The Morgan fingerprint density at radius 3 is 2.53 bits per heavy atom. The van der Waals surface area contributed by atoms with E-state index in [2.05, 4.69) is 14.7 Å². The zero-order valence-electron chi connectivity index (χ0n) is 7.28. The van der Waals surface area contributed by atoms with E-state index in [0.29, 0.717) is 21.1 Å². The molecule has 0 atom stereocenters. The van der Waals surface area contributed by atoms with Gasteiger partial charge in [-0.3, -0.25) is 4.79 Å². The van der Waals surface area contributed by atoms with Gasteiger partial charge in [-0.05, 0) is 12.1 Å². The van der Waals surface area contributed by atoms with E-state index in [1.165, 1.54) is 6.20 Å². The molecule has 0 saturated carbocycles. The Morgan fingerprint density at radius 1 is 1.20 bits per heavy atom. The molecule has 2 aromatic rings. The Balaban J connectivity index is 2.61. The number of ether oxygens (including phenoxy) is 1. The fraction of sp³-hybridized carbons (Fsp3) is 0. The van der Waals surface area contributed by atoms with Gasteiger partial charge < -0.3 is 4.74 Å². The van der Waals surface area contributed by atoms with Crippen molar-refractivity contribution in [3.8, 4) is 5.88 Å². The lowest BCUT2D eigenvalue weighted by Gasteiger charge is -2.01. The molecular formula is C9H4Cl2N2O2. The fourth-order valence-electron chi connectivity index (χ4n) is 1.10. The molecule has 0 saturated heterocycles. The van der Waals surface area contributed by atoms with Crippen LogP contribution in [0.5, 0.6) is 5.88 Å². The SMILES string of the molecule is O=COc1cnc2cc(Cl)c(Cl)cc2n1. The monoisotopic (exact) mass is 242 g/mol. The molecule has 0 aliphatic carbocycles. The predicted molar refractivity (Wildman–Crippen MR) is 56.3 cm³/mol. The maximum Gasteiger partial charge on any atom is 0.299 e. The topological polar surface area (TPSA) is 52.1 Å². The zero-order chi connectivity index (χ0) is 10.8. The number of hydrogen-bond acceptors (Lipinski definition) is 4. The fourth-order valence-corrected chi connectivity index (χ4v) is 1.41. The minimum absolute atomic E-state index is 0.121. The minimum atomic E-state index is 0.121. The highest BCUT2D eigenvalue weighted by atomic mass is 35.5. The largest absolute Gasteiger partial charge is 0.408 e. The van der Waals surface area contributed by atoms with Crippen molar-refractivity contribution < 1.29 is 9.53 Å². The van der Waals surface area contributed by atoms with Gasteiger partial charge in [0, 0.05) is 0 Å². The Bertz CT molecular complexity index is 531. The van der Waals surface area contributed by atoms with Crippen LogP contribution >= 0.6 is 23.2 Å². The first kappa shape index (κ1) is 10.1. The van der Waals surface area contributed by atoms with E-state index in [0.717, 1.165) is 0 Å². The first-order valence-corrected chi connectivity index (χ1v) is 4.68. The molecule has 0 spiro atoms. The van der Waals surface area contributed by atoms with Crippen molar-refractivity contribution in [3.05, 3.63) is 28.4 Å². The summed E-state index contributed by atoms with van der Waals surface area (Å²) in [5, 5.41) is 0.782. The Kier molecular flexibility index (Phi) is 2.70. The van der Waals surface area contributed by atoms with E-state index in [4.69, 9.17) is 23.2 Å². The van der Waals surface area contributed by atoms with Gasteiger partial charge in [-0.25, -0.2) is 9.97 Å². The Morgan fingerprint density at radius 2 is 1.87 bits per heavy atom. The molecule has 6 heteroatoms. The number of fused-ring (bicyclic) bond motifs is 1. The van der Waals surface area contributed by atoms with Gasteiger partial charge >= 0.3 is 0 Å². The summed E-state index contributed by atoms with van der Waals surface area (Å²) in [6.45, 7) is 0.285. The molecule has 0 fully saturated rings. The number of carbonyl (C=O) groups excluding carboxylic acids is 1. The highest BCUT2D eigenvalue weighted by Crippen LogP contribution is 2.26. The van der Waals surface area contributed by atoms with Crippen LogP contribution in [0.15, 0.2) is 18.3 Å². The summed E-state index contributed by atoms with van der Waals surface area (Å²) >= 11 is 11.6. The number of hydrogen-bond donors (Lipinski definition) is 0. The lowest BCUT2D eigenvalue weighted by atomic mass is 10.3. The quantitative estimate of drug-likeness (QED) is 0.760. The van der Waals surface area contributed by atoms with E-state index in [1.54, 1.807) is 12.1 Å². The van der Waals surface area contributed by atoms with Crippen molar-refractivity contribution >= 4 is 40.7 Å². The third kappa shape index (κ3) is 2.00. The Hall–Kier alpha value is -1.39. The molecule has 0 aliphatic heterocycles. The van der Waals surface area contributed by atoms with Gasteiger partial charge in [0.15, 0.2) is 0 Å². The molecule has 76 valence electrons. The van der Waals surface area contributed by atoms with Gasteiger partial charge in [0.2, 0.25) is 5.88 Å². The standard InChI is InChI=1S/C9H4Cl2N2O2/c10-5-1-7-8(2-6(5)11)13-9(3-12-7)15-4-14/h1-4H. The molecule has 15 heavy (non-hydrogen) atoms. The average Bonchev–Trinajstić information content (AvgIpc) is 2.21. The number of rotatable bonds is 2. The van der Waals surface area contributed by atoms with Gasteiger partial charge in [-0.2, -0.15) is 0 Å². The third-order valence-electron chi connectivity index (χ3n) is 1.73. The highest BCUT2D eigenvalue weighted by Gasteiger charge is 2.04. The smallest absolute Gasteiger partial charge is 0.299 e. The summed E-state index contributed by atoms with van der Waals surface area (Å²) in [7, 11) is 0. The molecule has 1 heterocycles. The van der Waals surface area contributed by atoms with Crippen LogP contribution in [-0.2, 0) is 4.79 Å². The van der Waals surface area contributed by atoms with Crippen molar-refractivity contribution in [2.24, 2.45) is 0 Å². The van der Waals surface area contributed by atoms with Crippen molar-refractivity contribution in [3.63, 3.8) is 0 Å². The van der Waals surface area contributed by atoms with Gasteiger partial charge in [0.1, 0.15) is 0 Å². The first-order chi connectivity index (χ1) is 7.20. The molecule has 4 nitrogen and oxygen atoms in total. The van der Waals surface area contributed by atoms with E-state index in [9.17, 15) is 4.79 Å². The second-order valence-electron chi connectivity index (χ2n) is 2.68. The summed E-state index contributed by atoms with van der Waals surface area (Å²) in [4.78, 5) is 18.1. The van der Waals surface area contributed by atoms with Crippen molar-refractivity contribution in [1.29, 1.82) is 0 Å². The van der Waals surface area contributed by atoms with Gasteiger partial charge in [-0.1, -0.05) is 23.2 Å². The maximum absolute atomic E-state index is 10.1. The number of carbonyl (C=O) groups is 1. The van der Waals surface area contributed by atoms with Gasteiger partial charge in [-0.15, -0.1) is 0 Å². The van der Waals surface area contributed by atoms with Gasteiger partial charge in [0.25, 0.3) is 6.47 Å². The normalized spacial score (nSPS) is 10.3. The van der Waals surface area contributed by atoms with Crippen molar-refractivity contribution in [1.82, 2.24) is 9.97 Å². The van der Waals surface area contributed by atoms with Crippen molar-refractivity contribution in [2.45, 2.75) is 0 Å². The highest BCUT2D eigenvalue weighted by molar-refractivity contribution is 6.42. The number of benzene rings is 1. The summed E-state index contributed by atoms with van der Waals surface area (Å²) in [5.74, 6) is 0.121. The van der Waals surface area contributed by atoms with Crippen LogP contribution in [0.2, 0.25) is 10.0 Å². The number of nitrogens with zero attached hydrogens (tertiary/aromatic N) is 2. The molecule has 1 aromatic heterocycles. The van der Waals surface area contributed by atoms with Crippen LogP contribution in [0.1, 0.15) is 0 Å². The summed E-state index contributed by atoms with van der Waals surface area (Å²) < 4.78 is 4.55. The molecular weight excluding hydrogens is 239 g/mol. The number of aromatic nitrogens is 2. The molecule has 2 rings (SSSR count). The van der Waals surface area contributed by atoms with Crippen LogP contribution < -0.4 is 4.74 Å². The van der Waals surface area contributed by atoms with Crippen LogP contribution in [0.4, 0.5) is 0 Å². The molecule has 1 aromatic carbocycles. The van der Waals surface area contributed by atoms with E-state index < -0.39 is 0 Å². The van der Waals surface area contributed by atoms with E-state index in [1.807, 2.05) is 0 Å². The second-order valence-corrected chi connectivity index (χ2v) is 3.49. The molecule has 0 aliphatic rings.